The Kier molecular flexibility index (Phi) is 8.46. The summed E-state index contributed by atoms with van der Waals surface area (Å²) in [6, 6.07) is 12.9. The van der Waals surface area contributed by atoms with Crippen molar-refractivity contribution in [2.45, 2.75) is 25.7 Å². The van der Waals surface area contributed by atoms with Crippen LogP contribution >= 0.6 is 20.7 Å². The van der Waals surface area contributed by atoms with E-state index in [2.05, 4.69) is 10.3 Å². The molecule has 2 radical (unpaired) electrons. The van der Waals surface area contributed by atoms with E-state index in [-0.39, 0.29) is 22.8 Å². The maximum absolute atomic E-state index is 13.7. The van der Waals surface area contributed by atoms with Crippen molar-refractivity contribution in [2.75, 3.05) is 19.6 Å². The lowest BCUT2D eigenvalue weighted by atomic mass is 9.96. The number of carbonyl (C=O) groups is 1. The molecule has 0 aromatic heterocycles. The zero-order valence-electron chi connectivity index (χ0n) is 20.4. The molecule has 2 aliphatic rings. The number of aromatic hydroxyl groups is 1. The topological polar surface area (TPSA) is 91.0 Å². The first-order valence-electron chi connectivity index (χ1n) is 12.0. The van der Waals surface area contributed by atoms with Crippen LogP contribution in [0.3, 0.4) is 0 Å². The number of rotatable bonds is 7. The molecule has 10 heteroatoms. The van der Waals surface area contributed by atoms with Gasteiger partial charge in [0.2, 0.25) is 0 Å². The number of aliphatic imine (C=N–C) groups is 1. The van der Waals surface area contributed by atoms with Crippen LogP contribution < -0.4 is 11.1 Å². The minimum atomic E-state index is -2.99. The number of allylic oxidation sites excluding steroid dienone is 2. The van der Waals surface area contributed by atoms with Crippen molar-refractivity contribution in [1.82, 2.24) is 10.2 Å². The van der Waals surface area contributed by atoms with E-state index in [9.17, 15) is 18.7 Å². The van der Waals surface area contributed by atoms with Crippen LogP contribution in [0, 0.1) is 5.92 Å². The molecule has 0 aliphatic carbocycles. The summed E-state index contributed by atoms with van der Waals surface area (Å²) in [5.41, 5.74) is 6.94. The smallest absolute Gasteiger partial charge is 0.270 e. The largest absolute Gasteiger partial charge is 0.507 e. The quantitative estimate of drug-likeness (QED) is 0.319. The fourth-order valence-corrected chi connectivity index (χ4v) is 6.80. The van der Waals surface area contributed by atoms with Gasteiger partial charge in [-0.2, -0.15) is 0 Å². The summed E-state index contributed by atoms with van der Waals surface area (Å²) in [7, 11) is 6.07. The number of likely N-dealkylation sites (tertiary alicyclic amines) is 1. The Morgan fingerprint density at radius 3 is 2.68 bits per heavy atom. The lowest BCUT2D eigenvalue weighted by molar-refractivity contribution is 0.0174. The highest BCUT2D eigenvalue weighted by molar-refractivity contribution is 14.2. The maximum Gasteiger partial charge on any atom is 0.270 e. The third-order valence-electron chi connectivity index (χ3n) is 6.34. The number of amides is 1. The number of halogens is 3. The second-order valence-corrected chi connectivity index (χ2v) is 11.8. The molecular formula is C27H28BF2IN4O2. The lowest BCUT2D eigenvalue weighted by Crippen LogP contribution is -2.40. The number of carbonyl (C=O) groups excluding carboxylic acids is 1. The molecule has 2 heterocycles. The summed E-state index contributed by atoms with van der Waals surface area (Å²) in [4.78, 5) is 19.3. The monoisotopic (exact) mass is 616 g/mol. The Morgan fingerprint density at radius 1 is 1.27 bits per heavy atom. The zero-order chi connectivity index (χ0) is 26.6. The first-order chi connectivity index (χ1) is 17.7. The number of hydrogen-bond acceptors (Lipinski definition) is 5. The Balaban J connectivity index is 1.39. The van der Waals surface area contributed by atoms with Gasteiger partial charge in [-0.1, -0.05) is 56.5 Å². The van der Waals surface area contributed by atoms with E-state index in [0.29, 0.717) is 36.8 Å². The van der Waals surface area contributed by atoms with Crippen LogP contribution in [0.4, 0.5) is 8.78 Å². The number of benzene rings is 2. The summed E-state index contributed by atoms with van der Waals surface area (Å²) in [6.07, 6.45) is 4.85. The minimum Gasteiger partial charge on any atom is -0.507 e. The molecule has 2 aromatic carbocycles. The van der Waals surface area contributed by atoms with E-state index in [1.165, 1.54) is 24.4 Å². The molecular weight excluding hydrogens is 588 g/mol. The summed E-state index contributed by atoms with van der Waals surface area (Å²) in [6.45, 7) is 2.58. The van der Waals surface area contributed by atoms with Gasteiger partial charge in [0.25, 0.3) is 11.8 Å². The third-order valence-corrected chi connectivity index (χ3v) is 9.19. The molecule has 0 saturated carbocycles. The molecule has 0 bridgehead atoms. The van der Waals surface area contributed by atoms with Crippen molar-refractivity contribution >= 4 is 41.7 Å². The lowest BCUT2D eigenvalue weighted by Gasteiger charge is -2.32. The van der Waals surface area contributed by atoms with E-state index in [1.54, 1.807) is 23.1 Å². The maximum atomic E-state index is 13.7. The number of phenolic OH excluding ortho intramolecular Hbond substituents is 1. The number of piperidine rings is 1. The van der Waals surface area contributed by atoms with Crippen LogP contribution in [-0.2, 0) is 5.92 Å². The van der Waals surface area contributed by atoms with Gasteiger partial charge in [0.05, 0.1) is 3.72 Å². The Morgan fingerprint density at radius 2 is 2.00 bits per heavy atom. The predicted octanol–water partition coefficient (Wildman–Crippen LogP) is 4.36. The first kappa shape index (κ1) is 27.0. The number of para-hydroxylation sites is 1. The fourth-order valence-electron chi connectivity index (χ4n) is 4.18. The van der Waals surface area contributed by atoms with Gasteiger partial charge in [0.15, 0.2) is 0 Å². The van der Waals surface area contributed by atoms with Crippen LogP contribution in [0.2, 0.25) is 0 Å². The first-order valence-corrected chi connectivity index (χ1v) is 14.1. The molecule has 0 spiro atoms. The fraction of sp³-hybridized carbons (Fsp3) is 0.296. The normalized spacial score (nSPS) is 17.3. The van der Waals surface area contributed by atoms with Gasteiger partial charge in [-0.25, -0.2) is 13.8 Å². The molecule has 1 fully saturated rings. The van der Waals surface area contributed by atoms with E-state index < -0.39 is 26.7 Å². The van der Waals surface area contributed by atoms with Gasteiger partial charge in [0.1, 0.15) is 19.4 Å². The summed E-state index contributed by atoms with van der Waals surface area (Å²) < 4.78 is 29.1. The Bertz CT molecular complexity index is 1300. The van der Waals surface area contributed by atoms with Crippen molar-refractivity contribution < 1.29 is 18.7 Å². The molecule has 2 aliphatic heterocycles. The highest BCUT2D eigenvalue weighted by Gasteiger charge is 2.28. The van der Waals surface area contributed by atoms with Crippen molar-refractivity contribution in [1.29, 1.82) is 0 Å². The molecule has 0 unspecified atom stereocenters. The van der Waals surface area contributed by atoms with Crippen LogP contribution in [0.1, 0.15) is 41.3 Å². The zero-order valence-corrected chi connectivity index (χ0v) is 22.6. The number of phenols is 1. The second kappa shape index (κ2) is 11.6. The summed E-state index contributed by atoms with van der Waals surface area (Å²) in [5.74, 6) is -2.05. The van der Waals surface area contributed by atoms with Crippen LogP contribution in [-0.4, -0.2) is 50.6 Å². The van der Waals surface area contributed by atoms with E-state index in [0.717, 1.165) is 32.6 Å². The van der Waals surface area contributed by atoms with Crippen molar-refractivity contribution in [3.05, 3.63) is 88.8 Å². The van der Waals surface area contributed by atoms with Crippen molar-refractivity contribution in [3.63, 3.8) is 0 Å². The van der Waals surface area contributed by atoms with Gasteiger partial charge in [0, 0.05) is 46.8 Å². The van der Waals surface area contributed by atoms with E-state index >= 15 is 0 Å². The van der Waals surface area contributed by atoms with Gasteiger partial charge < -0.3 is 21.1 Å². The second-order valence-electron chi connectivity index (χ2n) is 9.10. The van der Waals surface area contributed by atoms with Gasteiger partial charge >= 0.3 is 0 Å². The Hall–Kier alpha value is -3.02. The molecule has 192 valence electrons. The number of nitrogens with one attached hydrogen (secondary N) is 1. The average Bonchev–Trinajstić information content (AvgIpc) is 2.91. The van der Waals surface area contributed by atoms with Crippen LogP contribution in [0.25, 0.3) is 0 Å². The van der Waals surface area contributed by atoms with Gasteiger partial charge in [-0.15, -0.1) is 0 Å². The molecule has 4 N–H and O–H groups in total. The van der Waals surface area contributed by atoms with Crippen LogP contribution in [0.5, 0.6) is 5.75 Å². The van der Waals surface area contributed by atoms with Crippen molar-refractivity contribution in [3.8, 4) is 5.75 Å². The summed E-state index contributed by atoms with van der Waals surface area (Å²) in [5, 5.41) is 13.7. The Labute approximate surface area is 226 Å². The molecule has 0 atom stereocenters. The number of nitrogens with two attached hydrogens (primary N) is 1. The average molecular weight is 616 g/mol. The van der Waals surface area contributed by atoms with E-state index in [4.69, 9.17) is 13.6 Å². The molecule has 2 aromatic rings. The van der Waals surface area contributed by atoms with E-state index in [1.807, 2.05) is 18.2 Å². The van der Waals surface area contributed by atoms with Gasteiger partial charge in [-0.05, 0) is 49.2 Å². The van der Waals surface area contributed by atoms with Gasteiger partial charge in [-0.3, -0.25) is 4.79 Å². The standard InChI is InChI=1S/C27H28BF2IN4O2/c1-27(29,30)19-6-4-5-18(13-19)26(37)35-11-9-17(10-12-35)16-33-24-14-22(20-7-2-3-8-23(20)36)31-25(34-24)21(28)15-32/h2-8,13-15,17,36H,9-12,16,32H2,1H3,(H,33,34). The molecule has 37 heavy (non-hydrogen) atoms. The molecule has 6 nitrogen and oxygen atoms in total. The highest BCUT2D eigenvalue weighted by atomic mass is 127. The van der Waals surface area contributed by atoms with Crippen LogP contribution in [0.15, 0.2) is 77.1 Å². The summed E-state index contributed by atoms with van der Waals surface area (Å²) >= 11 is -0.734. The predicted molar refractivity (Wildman–Crippen MR) is 152 cm³/mol. The molecule has 1 amide bonds. The SMILES string of the molecule is [B]C(=CN)C1=NC(NCC2CCN(C(=O)c3cccc(C(C)(F)F)c3)CC2)=CC(c2ccccc2O)=I1. The number of hydrogen-bond donors (Lipinski definition) is 3. The minimum absolute atomic E-state index is 0.161. The highest BCUT2D eigenvalue weighted by Crippen LogP contribution is 2.29. The molecule has 4 rings (SSSR count). The van der Waals surface area contributed by atoms with Crippen molar-refractivity contribution in [2.24, 2.45) is 16.6 Å². The number of alkyl halides is 2. The third kappa shape index (κ3) is 6.65. The molecule has 1 saturated heterocycles. The number of nitrogens with zero attached hydrogens (tertiary/aromatic N) is 2.